The summed E-state index contributed by atoms with van der Waals surface area (Å²) in [5.41, 5.74) is 2.75. The second kappa shape index (κ2) is 8.96. The van der Waals surface area contributed by atoms with E-state index in [0.717, 1.165) is 56.6 Å². The average molecular weight is 465 g/mol. The lowest BCUT2D eigenvalue weighted by Crippen LogP contribution is -2.44. The van der Waals surface area contributed by atoms with E-state index in [1.807, 2.05) is 63.0 Å². The number of nitrogens with zero attached hydrogens (tertiary/aromatic N) is 4. The van der Waals surface area contributed by atoms with E-state index in [9.17, 15) is 9.59 Å². The van der Waals surface area contributed by atoms with Gasteiger partial charge >= 0.3 is 0 Å². The first-order chi connectivity index (χ1) is 15.6. The van der Waals surface area contributed by atoms with E-state index in [1.54, 1.807) is 17.4 Å². The fraction of sp³-hybridized carbons (Fsp3) is 0.333. The number of likely N-dealkylation sites (tertiary alicyclic amines) is 2. The van der Waals surface area contributed by atoms with Gasteiger partial charge in [-0.3, -0.25) is 9.59 Å². The molecule has 2 fully saturated rings. The van der Waals surface area contributed by atoms with E-state index in [1.165, 1.54) is 11.5 Å². The molecule has 32 heavy (non-hydrogen) atoms. The van der Waals surface area contributed by atoms with Gasteiger partial charge in [0.2, 0.25) is 5.91 Å². The van der Waals surface area contributed by atoms with Gasteiger partial charge in [-0.25, -0.2) is 0 Å². The molecule has 2 amide bonds. The summed E-state index contributed by atoms with van der Waals surface area (Å²) in [4.78, 5) is 30.3. The Bertz CT molecular complexity index is 1120. The molecule has 1 spiro atoms. The molecule has 0 aliphatic carbocycles. The van der Waals surface area contributed by atoms with Crippen LogP contribution < -0.4 is 0 Å². The van der Waals surface area contributed by atoms with Gasteiger partial charge in [0, 0.05) is 37.8 Å². The molecule has 4 heterocycles. The zero-order valence-electron chi connectivity index (χ0n) is 17.6. The quantitative estimate of drug-likeness (QED) is 0.536. The molecule has 0 bridgehead atoms. The minimum atomic E-state index is 0.0212. The van der Waals surface area contributed by atoms with Gasteiger partial charge in [-0.1, -0.05) is 34.8 Å². The highest BCUT2D eigenvalue weighted by atomic mass is 32.1. The summed E-state index contributed by atoms with van der Waals surface area (Å²) in [5, 5.41) is 8.25. The second-order valence-electron chi connectivity index (χ2n) is 8.51. The highest BCUT2D eigenvalue weighted by Gasteiger charge is 2.43. The Kier molecular flexibility index (Phi) is 5.89. The van der Waals surface area contributed by atoms with Crippen molar-refractivity contribution in [2.24, 2.45) is 5.41 Å². The number of hydrogen-bond donors (Lipinski definition) is 0. The summed E-state index contributed by atoms with van der Waals surface area (Å²) >= 11 is 2.80. The minimum Gasteiger partial charge on any atom is -0.339 e. The molecule has 0 saturated carbocycles. The SMILES string of the molecule is O=C(/C=C/c1ccsc1)N1CCC2(CC1)CCN(C(=O)c1snnc1-c1ccccc1)C2. The van der Waals surface area contributed by atoms with Crippen LogP contribution in [0.1, 0.15) is 34.5 Å². The van der Waals surface area contributed by atoms with Gasteiger partial charge in [0.05, 0.1) is 0 Å². The highest BCUT2D eigenvalue weighted by Crippen LogP contribution is 2.41. The van der Waals surface area contributed by atoms with Gasteiger partial charge in [0.1, 0.15) is 10.6 Å². The molecule has 3 aromatic rings. The highest BCUT2D eigenvalue weighted by molar-refractivity contribution is 7.08. The fourth-order valence-electron chi connectivity index (χ4n) is 4.62. The van der Waals surface area contributed by atoms with Crippen molar-refractivity contribution in [3.8, 4) is 11.3 Å². The largest absolute Gasteiger partial charge is 0.339 e. The fourth-order valence-corrected chi connectivity index (χ4v) is 5.91. The third kappa shape index (κ3) is 4.25. The van der Waals surface area contributed by atoms with Crippen LogP contribution in [0.4, 0.5) is 0 Å². The van der Waals surface area contributed by atoms with Gasteiger partial charge in [0.25, 0.3) is 5.91 Å². The summed E-state index contributed by atoms with van der Waals surface area (Å²) in [7, 11) is 0. The Morgan fingerprint density at radius 1 is 1.00 bits per heavy atom. The predicted octanol–water partition coefficient (Wildman–Crippen LogP) is 4.43. The molecular weight excluding hydrogens is 440 g/mol. The van der Waals surface area contributed by atoms with E-state index in [4.69, 9.17) is 0 Å². The van der Waals surface area contributed by atoms with E-state index >= 15 is 0 Å². The lowest BCUT2D eigenvalue weighted by atomic mass is 9.78. The summed E-state index contributed by atoms with van der Waals surface area (Å²) in [6.45, 7) is 2.97. The van der Waals surface area contributed by atoms with Crippen LogP contribution in [0.5, 0.6) is 0 Å². The lowest BCUT2D eigenvalue weighted by molar-refractivity contribution is -0.128. The predicted molar refractivity (Wildman–Crippen MR) is 127 cm³/mol. The number of piperidine rings is 1. The molecule has 0 atom stereocenters. The van der Waals surface area contributed by atoms with Crippen molar-refractivity contribution in [3.63, 3.8) is 0 Å². The first-order valence-corrected chi connectivity index (χ1v) is 12.5. The van der Waals surface area contributed by atoms with E-state index < -0.39 is 0 Å². The Hall–Kier alpha value is -2.84. The van der Waals surface area contributed by atoms with Crippen LogP contribution in [0.3, 0.4) is 0 Å². The number of carbonyl (C=O) groups is 2. The molecule has 164 valence electrons. The molecule has 5 rings (SSSR count). The zero-order valence-corrected chi connectivity index (χ0v) is 19.3. The first-order valence-electron chi connectivity index (χ1n) is 10.8. The molecule has 2 saturated heterocycles. The minimum absolute atomic E-state index is 0.0212. The van der Waals surface area contributed by atoms with Crippen LogP contribution in [0, 0.1) is 5.41 Å². The number of benzene rings is 1. The monoisotopic (exact) mass is 464 g/mol. The molecule has 0 radical (unpaired) electrons. The molecule has 2 aliphatic rings. The van der Waals surface area contributed by atoms with E-state index in [-0.39, 0.29) is 17.2 Å². The van der Waals surface area contributed by atoms with Gasteiger partial charge in [-0.05, 0) is 64.7 Å². The van der Waals surface area contributed by atoms with Gasteiger partial charge in [0.15, 0.2) is 0 Å². The smallest absolute Gasteiger partial charge is 0.267 e. The number of thiophene rings is 1. The van der Waals surface area contributed by atoms with Gasteiger partial charge in [-0.15, -0.1) is 5.10 Å². The van der Waals surface area contributed by atoms with Crippen LogP contribution >= 0.6 is 22.9 Å². The number of amides is 2. The summed E-state index contributed by atoms with van der Waals surface area (Å²) < 4.78 is 4.05. The van der Waals surface area contributed by atoms with Crippen molar-refractivity contribution < 1.29 is 9.59 Å². The lowest BCUT2D eigenvalue weighted by Gasteiger charge is -2.38. The van der Waals surface area contributed by atoms with Crippen molar-refractivity contribution in [2.45, 2.75) is 19.3 Å². The Labute approximate surface area is 195 Å². The third-order valence-electron chi connectivity index (χ3n) is 6.55. The maximum Gasteiger partial charge on any atom is 0.267 e. The van der Waals surface area contributed by atoms with Crippen molar-refractivity contribution in [1.82, 2.24) is 19.4 Å². The van der Waals surface area contributed by atoms with Crippen LogP contribution in [0.25, 0.3) is 17.3 Å². The number of hydrogen-bond acceptors (Lipinski definition) is 6. The van der Waals surface area contributed by atoms with Crippen LogP contribution in [-0.4, -0.2) is 57.4 Å². The average Bonchev–Trinajstić information content (AvgIpc) is 3.59. The summed E-state index contributed by atoms with van der Waals surface area (Å²) in [6, 6.07) is 11.8. The maximum atomic E-state index is 13.3. The molecule has 1 aromatic carbocycles. The van der Waals surface area contributed by atoms with Crippen molar-refractivity contribution in [3.05, 3.63) is 63.7 Å². The first kappa shape index (κ1) is 21.0. The molecular formula is C24H24N4O2S2. The topological polar surface area (TPSA) is 66.4 Å². The molecule has 6 nitrogen and oxygen atoms in total. The number of carbonyl (C=O) groups excluding carboxylic acids is 2. The van der Waals surface area contributed by atoms with E-state index in [2.05, 4.69) is 9.59 Å². The van der Waals surface area contributed by atoms with Crippen molar-refractivity contribution in [1.29, 1.82) is 0 Å². The van der Waals surface area contributed by atoms with Crippen LogP contribution in [0.15, 0.2) is 53.2 Å². The summed E-state index contributed by atoms with van der Waals surface area (Å²) in [6.07, 6.45) is 6.40. The second-order valence-corrected chi connectivity index (χ2v) is 10.0. The Balaban J connectivity index is 1.21. The van der Waals surface area contributed by atoms with Crippen molar-refractivity contribution in [2.75, 3.05) is 26.2 Å². The Morgan fingerprint density at radius 3 is 2.47 bits per heavy atom. The number of aromatic nitrogens is 2. The molecule has 0 N–H and O–H groups in total. The van der Waals surface area contributed by atoms with Gasteiger partial charge in [-0.2, -0.15) is 11.3 Å². The van der Waals surface area contributed by atoms with Gasteiger partial charge < -0.3 is 9.80 Å². The zero-order chi connectivity index (χ0) is 22.0. The van der Waals surface area contributed by atoms with Crippen LogP contribution in [-0.2, 0) is 4.79 Å². The molecule has 2 aromatic heterocycles. The summed E-state index contributed by atoms with van der Waals surface area (Å²) in [5.74, 6) is 0.0909. The maximum absolute atomic E-state index is 13.3. The Morgan fingerprint density at radius 2 is 1.75 bits per heavy atom. The molecule has 8 heteroatoms. The molecule has 2 aliphatic heterocycles. The standard InChI is InChI=1S/C24H24N4O2S2/c29-20(7-6-18-8-15-31-16-18)27-12-9-24(10-13-27)11-14-28(17-24)23(30)22-21(25-26-32-22)19-4-2-1-3-5-19/h1-8,15-16H,9-14,17H2/b7-6+. The van der Waals surface area contributed by atoms with Crippen molar-refractivity contribution >= 4 is 40.8 Å². The third-order valence-corrected chi connectivity index (χ3v) is 7.97. The molecule has 0 unspecified atom stereocenters. The van der Waals surface area contributed by atoms with E-state index in [0.29, 0.717) is 10.6 Å². The van der Waals surface area contributed by atoms with Crippen LogP contribution in [0.2, 0.25) is 0 Å². The number of rotatable bonds is 4. The normalized spacial score (nSPS) is 18.0.